The second kappa shape index (κ2) is 7.65. The van der Waals surface area contributed by atoms with Crippen LogP contribution in [0.25, 0.3) is 21.3 Å². The van der Waals surface area contributed by atoms with E-state index in [9.17, 15) is 0 Å². The second-order valence-corrected chi connectivity index (χ2v) is 6.74. The number of methoxy groups -OCH3 is 3. The van der Waals surface area contributed by atoms with Gasteiger partial charge in [-0.05, 0) is 23.8 Å². The predicted molar refractivity (Wildman–Crippen MR) is 108 cm³/mol. The molecule has 0 amide bonds. The van der Waals surface area contributed by atoms with Crippen LogP contribution in [0.3, 0.4) is 0 Å². The van der Waals surface area contributed by atoms with Crippen molar-refractivity contribution in [3.63, 3.8) is 0 Å². The van der Waals surface area contributed by atoms with E-state index in [0.717, 1.165) is 26.5 Å². The van der Waals surface area contributed by atoms with E-state index in [-0.39, 0.29) is 0 Å². The summed E-state index contributed by atoms with van der Waals surface area (Å²) in [5.74, 6) is 2.05. The fourth-order valence-corrected chi connectivity index (χ4v) is 3.58. The van der Waals surface area contributed by atoms with Crippen molar-refractivity contribution < 1.29 is 14.2 Å². The summed E-state index contributed by atoms with van der Waals surface area (Å²) in [4.78, 5) is 17.3. The highest BCUT2D eigenvalue weighted by atomic mass is 32.1. The van der Waals surface area contributed by atoms with Crippen LogP contribution in [0.4, 0.5) is 10.9 Å². The molecule has 0 aliphatic rings. The van der Waals surface area contributed by atoms with Gasteiger partial charge < -0.3 is 19.5 Å². The fraction of sp³-hybridized carbons (Fsp3) is 0.158. The molecule has 0 aliphatic heterocycles. The number of benzene rings is 1. The first-order chi connectivity index (χ1) is 13.7. The van der Waals surface area contributed by atoms with Crippen LogP contribution < -0.4 is 19.5 Å². The molecule has 3 heterocycles. The van der Waals surface area contributed by atoms with Gasteiger partial charge in [0.25, 0.3) is 5.88 Å². The van der Waals surface area contributed by atoms with Crippen molar-refractivity contribution in [3.05, 3.63) is 42.9 Å². The van der Waals surface area contributed by atoms with E-state index in [1.54, 1.807) is 39.9 Å². The lowest BCUT2D eigenvalue weighted by Crippen LogP contribution is -1.96. The first kappa shape index (κ1) is 17.9. The van der Waals surface area contributed by atoms with Gasteiger partial charge in [-0.15, -0.1) is 0 Å². The van der Waals surface area contributed by atoms with Crippen molar-refractivity contribution in [2.45, 2.75) is 0 Å². The van der Waals surface area contributed by atoms with Crippen molar-refractivity contribution in [3.8, 4) is 28.6 Å². The number of anilines is 2. The second-order valence-electron chi connectivity index (χ2n) is 5.71. The minimum Gasteiger partial charge on any atom is -0.491 e. The van der Waals surface area contributed by atoms with Crippen LogP contribution in [0.2, 0.25) is 0 Å². The molecule has 0 aliphatic carbocycles. The van der Waals surface area contributed by atoms with Gasteiger partial charge in [0.2, 0.25) is 5.88 Å². The van der Waals surface area contributed by atoms with Crippen molar-refractivity contribution in [2.75, 3.05) is 26.6 Å². The van der Waals surface area contributed by atoms with E-state index in [1.807, 2.05) is 18.2 Å². The third-order valence-electron chi connectivity index (χ3n) is 4.01. The van der Waals surface area contributed by atoms with Crippen molar-refractivity contribution >= 4 is 32.5 Å². The zero-order valence-corrected chi connectivity index (χ0v) is 16.3. The Hall–Kier alpha value is -3.46. The molecule has 1 aromatic carbocycles. The molecule has 0 spiro atoms. The molecular weight excluding hydrogens is 378 g/mol. The van der Waals surface area contributed by atoms with Crippen LogP contribution in [0.1, 0.15) is 0 Å². The first-order valence-electron chi connectivity index (χ1n) is 8.32. The smallest absolute Gasteiger partial charge is 0.256 e. The summed E-state index contributed by atoms with van der Waals surface area (Å²) < 4.78 is 16.7. The highest BCUT2D eigenvalue weighted by Gasteiger charge is 2.11. The normalized spacial score (nSPS) is 10.7. The summed E-state index contributed by atoms with van der Waals surface area (Å²) in [5, 5.41) is 3.89. The maximum absolute atomic E-state index is 5.34. The van der Waals surface area contributed by atoms with E-state index in [2.05, 4.69) is 31.3 Å². The Kier molecular flexibility index (Phi) is 4.90. The van der Waals surface area contributed by atoms with Crippen molar-refractivity contribution in [1.29, 1.82) is 0 Å². The summed E-state index contributed by atoms with van der Waals surface area (Å²) in [6.07, 6.45) is 4.93. The molecule has 8 nitrogen and oxygen atoms in total. The summed E-state index contributed by atoms with van der Waals surface area (Å²) in [7, 11) is 4.71. The topological polar surface area (TPSA) is 91.3 Å². The Morgan fingerprint density at radius 2 is 1.79 bits per heavy atom. The molecule has 0 saturated carbocycles. The van der Waals surface area contributed by atoms with E-state index in [0.29, 0.717) is 23.3 Å². The SMILES string of the molecule is COc1cncc(Nc2nc3ccc(-c4cnc(OC)c(OC)c4)cc3s2)n1. The molecular formula is C19H17N5O3S. The Balaban J connectivity index is 1.65. The van der Waals surface area contributed by atoms with Gasteiger partial charge in [0, 0.05) is 11.8 Å². The predicted octanol–water partition coefficient (Wildman–Crippen LogP) is 3.92. The molecule has 0 atom stereocenters. The Morgan fingerprint density at radius 1 is 0.893 bits per heavy atom. The lowest BCUT2D eigenvalue weighted by molar-refractivity contribution is 0.343. The summed E-state index contributed by atoms with van der Waals surface area (Å²) in [6.45, 7) is 0. The number of fused-ring (bicyclic) bond motifs is 1. The van der Waals surface area contributed by atoms with Gasteiger partial charge in [-0.1, -0.05) is 17.4 Å². The number of ether oxygens (including phenoxy) is 3. The molecule has 142 valence electrons. The molecule has 0 saturated heterocycles. The molecule has 9 heteroatoms. The lowest BCUT2D eigenvalue weighted by atomic mass is 10.1. The average molecular weight is 395 g/mol. The third kappa shape index (κ3) is 3.52. The zero-order chi connectivity index (χ0) is 19.5. The third-order valence-corrected chi connectivity index (χ3v) is 4.94. The molecule has 1 N–H and O–H groups in total. The van der Waals surface area contributed by atoms with Crippen LogP contribution >= 0.6 is 11.3 Å². The molecule has 0 unspecified atom stereocenters. The Morgan fingerprint density at radius 3 is 2.57 bits per heavy atom. The van der Waals surface area contributed by atoms with Gasteiger partial charge in [0.05, 0.1) is 43.9 Å². The van der Waals surface area contributed by atoms with Crippen LogP contribution in [0, 0.1) is 0 Å². The van der Waals surface area contributed by atoms with Gasteiger partial charge >= 0.3 is 0 Å². The minimum absolute atomic E-state index is 0.439. The quantitative estimate of drug-likeness (QED) is 0.525. The largest absolute Gasteiger partial charge is 0.491 e. The monoisotopic (exact) mass is 395 g/mol. The molecule has 0 fully saturated rings. The summed E-state index contributed by atoms with van der Waals surface area (Å²) >= 11 is 1.52. The first-order valence-corrected chi connectivity index (χ1v) is 9.14. The number of nitrogens with zero attached hydrogens (tertiary/aromatic N) is 4. The van der Waals surface area contributed by atoms with Gasteiger partial charge in [0.1, 0.15) is 0 Å². The number of hydrogen-bond donors (Lipinski definition) is 1. The van der Waals surface area contributed by atoms with Crippen molar-refractivity contribution in [1.82, 2.24) is 19.9 Å². The average Bonchev–Trinajstić information content (AvgIpc) is 3.14. The molecule has 3 aromatic heterocycles. The van der Waals surface area contributed by atoms with Crippen LogP contribution in [0.15, 0.2) is 42.9 Å². The minimum atomic E-state index is 0.439. The standard InChI is InChI=1S/C19H17N5O3S/c1-25-14-6-12(8-21-18(14)27-3)11-4-5-13-15(7-11)28-19(22-13)24-16-9-20-10-17(23-16)26-2/h4-10H,1-3H3,(H,22,23,24). The van der Waals surface area contributed by atoms with Crippen molar-refractivity contribution in [2.24, 2.45) is 0 Å². The highest BCUT2D eigenvalue weighted by molar-refractivity contribution is 7.22. The summed E-state index contributed by atoms with van der Waals surface area (Å²) in [6, 6.07) is 7.94. The van der Waals surface area contributed by atoms with Crippen LogP contribution in [0.5, 0.6) is 17.5 Å². The number of rotatable bonds is 6. The molecule has 0 bridgehead atoms. The molecule has 0 radical (unpaired) electrons. The zero-order valence-electron chi connectivity index (χ0n) is 15.5. The fourth-order valence-electron chi connectivity index (χ4n) is 2.66. The molecule has 4 rings (SSSR count). The number of pyridine rings is 1. The maximum Gasteiger partial charge on any atom is 0.256 e. The Labute approximate surface area is 165 Å². The Bertz CT molecular complexity index is 1130. The number of hydrogen-bond acceptors (Lipinski definition) is 9. The van der Waals surface area contributed by atoms with Crippen LogP contribution in [-0.4, -0.2) is 41.3 Å². The van der Waals surface area contributed by atoms with Gasteiger partial charge in [-0.3, -0.25) is 4.98 Å². The molecule has 28 heavy (non-hydrogen) atoms. The van der Waals surface area contributed by atoms with E-state index < -0.39 is 0 Å². The maximum atomic E-state index is 5.34. The van der Waals surface area contributed by atoms with Gasteiger partial charge in [-0.25, -0.2) is 9.97 Å². The van der Waals surface area contributed by atoms with Crippen LogP contribution in [-0.2, 0) is 0 Å². The summed E-state index contributed by atoms with van der Waals surface area (Å²) in [5.41, 5.74) is 2.83. The number of aromatic nitrogens is 4. The van der Waals surface area contributed by atoms with E-state index >= 15 is 0 Å². The highest BCUT2D eigenvalue weighted by Crippen LogP contribution is 2.34. The van der Waals surface area contributed by atoms with Gasteiger partial charge in [0.15, 0.2) is 16.7 Å². The number of nitrogens with one attached hydrogen (secondary N) is 1. The lowest BCUT2D eigenvalue weighted by Gasteiger charge is -2.08. The van der Waals surface area contributed by atoms with E-state index in [1.165, 1.54) is 11.3 Å². The van der Waals surface area contributed by atoms with Gasteiger partial charge in [-0.2, -0.15) is 4.98 Å². The number of thiazole rings is 1. The van der Waals surface area contributed by atoms with E-state index in [4.69, 9.17) is 14.2 Å². The molecule has 4 aromatic rings.